The van der Waals surface area contributed by atoms with Gasteiger partial charge in [0.25, 0.3) is 11.5 Å². The predicted octanol–water partition coefficient (Wildman–Crippen LogP) is 0.486. The van der Waals surface area contributed by atoms with E-state index in [1.807, 2.05) is 0 Å². The van der Waals surface area contributed by atoms with Gasteiger partial charge in [-0.05, 0) is 49.4 Å². The molecule has 2 aromatic rings. The molecule has 12 heteroatoms. The molecular weight excluding hydrogens is 432 g/mol. The number of hydrogen-bond donors (Lipinski definition) is 7. The molecule has 3 rings (SSSR count). The third kappa shape index (κ3) is 6.45. The van der Waals surface area contributed by atoms with Crippen molar-refractivity contribution in [3.05, 3.63) is 45.7 Å². The number of carbonyl (C=O) groups excluding carboxylic acids is 1. The van der Waals surface area contributed by atoms with Crippen LogP contribution in [0.3, 0.4) is 0 Å². The molecule has 33 heavy (non-hydrogen) atoms. The Balaban J connectivity index is 1.48. The fourth-order valence-corrected chi connectivity index (χ4v) is 3.58. The molecule has 0 spiro atoms. The second-order valence-electron chi connectivity index (χ2n) is 7.82. The average Bonchev–Trinajstić information content (AvgIpc) is 2.77. The van der Waals surface area contributed by atoms with Gasteiger partial charge >= 0.3 is 11.9 Å². The summed E-state index contributed by atoms with van der Waals surface area (Å²) in [5.41, 5.74) is 6.97. The molecule has 2 atom stereocenters. The Morgan fingerprint density at radius 2 is 1.94 bits per heavy atom. The van der Waals surface area contributed by atoms with Gasteiger partial charge in [-0.3, -0.25) is 19.4 Å². The van der Waals surface area contributed by atoms with Gasteiger partial charge in [-0.25, -0.2) is 4.79 Å². The zero-order chi connectivity index (χ0) is 24.0. The van der Waals surface area contributed by atoms with Gasteiger partial charge in [-0.15, -0.1) is 0 Å². The first kappa shape index (κ1) is 23.6. The maximum absolute atomic E-state index is 12.3. The quantitative estimate of drug-likeness (QED) is 0.263. The number of rotatable bonds is 10. The van der Waals surface area contributed by atoms with E-state index in [-0.39, 0.29) is 35.8 Å². The highest BCUT2D eigenvalue weighted by molar-refractivity contribution is 5.96. The molecular formula is C21H26N6O6. The summed E-state index contributed by atoms with van der Waals surface area (Å²) in [6.45, 7) is 1.32. The molecule has 1 unspecified atom stereocenters. The first-order chi connectivity index (χ1) is 15.7. The summed E-state index contributed by atoms with van der Waals surface area (Å²) in [7, 11) is 0. The molecule has 176 valence electrons. The number of fused-ring (bicyclic) bond motifs is 1. The highest BCUT2D eigenvalue weighted by Gasteiger charge is 2.23. The van der Waals surface area contributed by atoms with Crippen LogP contribution in [-0.2, 0) is 16.0 Å². The molecule has 1 aliphatic rings. The zero-order valence-electron chi connectivity index (χ0n) is 17.8. The summed E-state index contributed by atoms with van der Waals surface area (Å²) in [6.07, 6.45) is 0.827. The molecule has 1 amide bonds. The smallest absolute Gasteiger partial charge is 0.326 e. The van der Waals surface area contributed by atoms with Crippen LogP contribution >= 0.6 is 0 Å². The first-order valence-electron chi connectivity index (χ1n) is 10.4. The highest BCUT2D eigenvalue weighted by Crippen LogP contribution is 2.22. The second-order valence-corrected chi connectivity index (χ2v) is 7.82. The molecule has 8 N–H and O–H groups in total. The van der Waals surface area contributed by atoms with Crippen molar-refractivity contribution in [1.29, 1.82) is 0 Å². The van der Waals surface area contributed by atoms with Crippen molar-refractivity contribution in [3.63, 3.8) is 0 Å². The van der Waals surface area contributed by atoms with E-state index in [4.69, 9.17) is 15.9 Å². The fraction of sp³-hybridized carbons (Fsp3) is 0.381. The Morgan fingerprint density at radius 3 is 2.61 bits per heavy atom. The van der Waals surface area contributed by atoms with Gasteiger partial charge in [0.2, 0.25) is 5.95 Å². The number of benzene rings is 1. The third-order valence-electron chi connectivity index (χ3n) is 5.36. The molecule has 0 bridgehead atoms. The van der Waals surface area contributed by atoms with E-state index in [0.29, 0.717) is 30.9 Å². The van der Waals surface area contributed by atoms with E-state index in [0.717, 1.165) is 12.1 Å². The molecule has 0 fully saturated rings. The minimum absolute atomic E-state index is 0.0854. The van der Waals surface area contributed by atoms with Crippen LogP contribution in [0.5, 0.6) is 0 Å². The number of H-pyrrole nitrogens is 1. The van der Waals surface area contributed by atoms with Crippen molar-refractivity contribution in [2.75, 3.05) is 29.5 Å². The summed E-state index contributed by atoms with van der Waals surface area (Å²) >= 11 is 0. The monoisotopic (exact) mass is 458 g/mol. The van der Waals surface area contributed by atoms with Gasteiger partial charge in [0.15, 0.2) is 0 Å². The van der Waals surface area contributed by atoms with Crippen LogP contribution in [-0.4, -0.2) is 57.2 Å². The molecule has 0 aliphatic carbocycles. The molecule has 12 nitrogen and oxygen atoms in total. The molecule has 0 saturated carbocycles. The van der Waals surface area contributed by atoms with Crippen LogP contribution in [0, 0.1) is 5.92 Å². The Bertz CT molecular complexity index is 1080. The second kappa shape index (κ2) is 10.5. The Hall–Kier alpha value is -4.09. The van der Waals surface area contributed by atoms with E-state index in [1.54, 1.807) is 24.3 Å². The molecule has 1 aromatic carbocycles. The van der Waals surface area contributed by atoms with Crippen LogP contribution in [0.1, 0.15) is 35.2 Å². The molecule has 1 aromatic heterocycles. The van der Waals surface area contributed by atoms with E-state index in [9.17, 15) is 19.2 Å². The topological polar surface area (TPSA) is 200 Å². The standard InChI is InChI=1S/C21H26N6O6/c22-21-26-17-14(19(31)27-21)9-11(10-24-17)7-8-23-13-3-1-12(2-4-13)18(30)25-15(20(32)33)5-6-16(28)29/h1-4,11,15,23H,5-10H2,(H,25,30)(H,28,29)(H,32,33)(H4,22,24,26,27,31)/t11?,15-/m0/s1. The van der Waals surface area contributed by atoms with Crippen molar-refractivity contribution in [3.8, 4) is 0 Å². The van der Waals surface area contributed by atoms with Crippen molar-refractivity contribution >= 4 is 35.3 Å². The van der Waals surface area contributed by atoms with Gasteiger partial charge in [-0.2, -0.15) is 4.98 Å². The van der Waals surface area contributed by atoms with Crippen LogP contribution in [0.25, 0.3) is 0 Å². The number of aromatic nitrogens is 2. The molecule has 0 saturated heterocycles. The van der Waals surface area contributed by atoms with Gasteiger partial charge in [0.1, 0.15) is 11.9 Å². The number of aliphatic carboxylic acids is 2. The summed E-state index contributed by atoms with van der Waals surface area (Å²) in [5.74, 6) is -2.16. The van der Waals surface area contributed by atoms with Gasteiger partial charge < -0.3 is 31.9 Å². The fourth-order valence-electron chi connectivity index (χ4n) is 3.58. The van der Waals surface area contributed by atoms with Gasteiger partial charge in [0.05, 0.1) is 5.56 Å². The van der Waals surface area contributed by atoms with Crippen molar-refractivity contribution < 1.29 is 24.6 Å². The largest absolute Gasteiger partial charge is 0.481 e. The lowest BCUT2D eigenvalue weighted by Gasteiger charge is -2.25. The van der Waals surface area contributed by atoms with Crippen molar-refractivity contribution in [2.45, 2.75) is 31.7 Å². The van der Waals surface area contributed by atoms with Crippen molar-refractivity contribution in [2.24, 2.45) is 5.92 Å². The van der Waals surface area contributed by atoms with Crippen LogP contribution in [0.2, 0.25) is 0 Å². The van der Waals surface area contributed by atoms with E-state index >= 15 is 0 Å². The summed E-state index contributed by atoms with van der Waals surface area (Å²) in [4.78, 5) is 52.9. The Morgan fingerprint density at radius 1 is 1.21 bits per heavy atom. The lowest BCUT2D eigenvalue weighted by molar-refractivity contribution is -0.140. The van der Waals surface area contributed by atoms with E-state index in [2.05, 4.69) is 25.9 Å². The lowest BCUT2D eigenvalue weighted by Crippen LogP contribution is -2.41. The SMILES string of the molecule is Nc1nc2c(c(=O)[nH]1)CC(CCNc1ccc(C(=O)N[C@@H](CCC(=O)O)C(=O)O)cc1)CN2. The maximum atomic E-state index is 12.3. The summed E-state index contributed by atoms with van der Waals surface area (Å²) in [5, 5.41) is 26.6. The molecule has 1 aliphatic heterocycles. The van der Waals surface area contributed by atoms with Crippen molar-refractivity contribution in [1.82, 2.24) is 15.3 Å². The summed E-state index contributed by atoms with van der Waals surface area (Å²) < 4.78 is 0. The Kier molecular flexibility index (Phi) is 7.49. The average molecular weight is 458 g/mol. The van der Waals surface area contributed by atoms with Crippen LogP contribution in [0.15, 0.2) is 29.1 Å². The number of nitrogens with two attached hydrogens (primary N) is 1. The lowest BCUT2D eigenvalue weighted by atomic mass is 9.94. The number of aromatic amines is 1. The molecule has 0 radical (unpaired) electrons. The number of carboxylic acids is 2. The normalized spacial score (nSPS) is 15.6. The minimum atomic E-state index is -1.29. The number of carboxylic acid groups (broad SMARTS) is 2. The predicted molar refractivity (Wildman–Crippen MR) is 120 cm³/mol. The Labute approximate surface area is 188 Å². The van der Waals surface area contributed by atoms with Gasteiger partial charge in [0, 0.05) is 30.8 Å². The summed E-state index contributed by atoms with van der Waals surface area (Å²) in [6, 6.07) is 5.24. The molecule has 2 heterocycles. The number of hydrogen-bond acceptors (Lipinski definition) is 8. The van der Waals surface area contributed by atoms with E-state index < -0.39 is 23.9 Å². The number of nitrogen functional groups attached to an aromatic ring is 1. The highest BCUT2D eigenvalue weighted by atomic mass is 16.4. The first-order valence-corrected chi connectivity index (χ1v) is 10.4. The number of carbonyl (C=O) groups is 3. The number of nitrogens with one attached hydrogen (secondary N) is 4. The zero-order valence-corrected chi connectivity index (χ0v) is 17.8. The van der Waals surface area contributed by atoms with Gasteiger partial charge in [-0.1, -0.05) is 0 Å². The number of amides is 1. The maximum Gasteiger partial charge on any atom is 0.326 e. The number of nitrogens with zero attached hydrogens (tertiary/aromatic N) is 1. The van der Waals surface area contributed by atoms with Crippen LogP contribution in [0.4, 0.5) is 17.5 Å². The minimum Gasteiger partial charge on any atom is -0.481 e. The van der Waals surface area contributed by atoms with E-state index in [1.165, 1.54) is 0 Å². The third-order valence-corrected chi connectivity index (χ3v) is 5.36. The number of anilines is 3. The van der Waals surface area contributed by atoms with Crippen LogP contribution < -0.4 is 27.2 Å².